The lowest BCUT2D eigenvalue weighted by atomic mass is 9.96. The van der Waals surface area contributed by atoms with Gasteiger partial charge in [-0.2, -0.15) is 0 Å². The normalized spacial score (nSPS) is 32.3. The molecule has 2 rings (SSSR count). The number of nitrogens with one attached hydrogen (secondary N) is 3. The van der Waals surface area contributed by atoms with Crippen LogP contribution in [-0.4, -0.2) is 31.7 Å². The first-order chi connectivity index (χ1) is 6.38. The summed E-state index contributed by atoms with van der Waals surface area (Å²) in [5.74, 6) is 0. The second-order valence-corrected chi connectivity index (χ2v) is 3.23. The summed E-state index contributed by atoms with van der Waals surface area (Å²) in [4.78, 5) is 0. The first kappa shape index (κ1) is 10.5. The smallest absolute Gasteiger partial charge is 0.0620 e. The third-order valence-corrected chi connectivity index (χ3v) is 2.48. The van der Waals surface area contributed by atoms with Crippen molar-refractivity contribution >= 4 is 0 Å². The van der Waals surface area contributed by atoms with Gasteiger partial charge in [-0.3, -0.25) is 0 Å². The van der Waals surface area contributed by atoms with Crippen molar-refractivity contribution in [1.82, 2.24) is 16.0 Å². The van der Waals surface area contributed by atoms with Crippen molar-refractivity contribution in [2.45, 2.75) is 32.4 Å². The fourth-order valence-corrected chi connectivity index (χ4v) is 1.88. The molecule has 3 nitrogen and oxygen atoms in total. The minimum atomic E-state index is 0.456. The highest BCUT2D eigenvalue weighted by Gasteiger charge is 2.28. The lowest BCUT2D eigenvalue weighted by Gasteiger charge is -2.39. The van der Waals surface area contributed by atoms with E-state index in [2.05, 4.69) is 22.5 Å². The van der Waals surface area contributed by atoms with Crippen LogP contribution in [0.25, 0.3) is 0 Å². The standard InChI is InChI=1S/C8H15N3.C2H6/c1-6-8-7(2-3-9-6)10-4-5-11-8;1-2/h7-11H,1-5H2;1-2H3. The molecule has 3 heteroatoms. The minimum absolute atomic E-state index is 0.456. The summed E-state index contributed by atoms with van der Waals surface area (Å²) in [7, 11) is 0. The molecule has 0 aliphatic carbocycles. The van der Waals surface area contributed by atoms with Gasteiger partial charge in [0.05, 0.1) is 6.04 Å². The zero-order chi connectivity index (χ0) is 9.68. The molecule has 0 spiro atoms. The molecule has 0 saturated carbocycles. The Kier molecular flexibility index (Phi) is 4.25. The second kappa shape index (κ2) is 5.25. The Hall–Kier alpha value is -0.540. The molecule has 2 aliphatic rings. The van der Waals surface area contributed by atoms with Gasteiger partial charge in [-0.15, -0.1) is 0 Å². The van der Waals surface area contributed by atoms with Crippen LogP contribution in [0.15, 0.2) is 12.3 Å². The van der Waals surface area contributed by atoms with Crippen molar-refractivity contribution in [2.24, 2.45) is 0 Å². The van der Waals surface area contributed by atoms with Crippen molar-refractivity contribution < 1.29 is 0 Å². The largest absolute Gasteiger partial charge is 0.387 e. The molecule has 2 heterocycles. The summed E-state index contributed by atoms with van der Waals surface area (Å²) < 4.78 is 0. The van der Waals surface area contributed by atoms with Crippen LogP contribution in [0.5, 0.6) is 0 Å². The Morgan fingerprint density at radius 1 is 1.15 bits per heavy atom. The van der Waals surface area contributed by atoms with Gasteiger partial charge in [0.25, 0.3) is 0 Å². The summed E-state index contributed by atoms with van der Waals surface area (Å²) in [5, 5.41) is 10.2. The van der Waals surface area contributed by atoms with Gasteiger partial charge in [-0.05, 0) is 6.42 Å². The summed E-state index contributed by atoms with van der Waals surface area (Å²) in [6.45, 7) is 11.2. The molecule has 2 fully saturated rings. The van der Waals surface area contributed by atoms with Crippen LogP contribution in [0.4, 0.5) is 0 Å². The Bertz CT molecular complexity index is 166. The van der Waals surface area contributed by atoms with E-state index in [0.29, 0.717) is 12.1 Å². The molecule has 0 aromatic carbocycles. The summed E-state index contributed by atoms with van der Waals surface area (Å²) >= 11 is 0. The minimum Gasteiger partial charge on any atom is -0.387 e. The fourth-order valence-electron chi connectivity index (χ4n) is 1.88. The molecule has 2 aliphatic heterocycles. The molecule has 2 unspecified atom stereocenters. The van der Waals surface area contributed by atoms with Crippen LogP contribution in [-0.2, 0) is 0 Å². The molecule has 2 atom stereocenters. The van der Waals surface area contributed by atoms with Gasteiger partial charge in [0, 0.05) is 31.4 Å². The first-order valence-electron chi connectivity index (χ1n) is 5.27. The van der Waals surface area contributed by atoms with E-state index >= 15 is 0 Å². The van der Waals surface area contributed by atoms with Crippen molar-refractivity contribution in [1.29, 1.82) is 0 Å². The number of piperidine rings is 1. The molecule has 3 N–H and O–H groups in total. The van der Waals surface area contributed by atoms with E-state index in [4.69, 9.17) is 0 Å². The zero-order valence-corrected chi connectivity index (χ0v) is 8.69. The number of rotatable bonds is 0. The Labute approximate surface area is 81.0 Å². The highest BCUT2D eigenvalue weighted by Crippen LogP contribution is 2.12. The molecule has 0 amide bonds. The van der Waals surface area contributed by atoms with Crippen molar-refractivity contribution in [3.05, 3.63) is 12.3 Å². The highest BCUT2D eigenvalue weighted by molar-refractivity contribution is 5.13. The van der Waals surface area contributed by atoms with Gasteiger partial charge < -0.3 is 16.0 Å². The van der Waals surface area contributed by atoms with Gasteiger partial charge in [0.1, 0.15) is 0 Å². The van der Waals surface area contributed by atoms with Crippen molar-refractivity contribution in [3.63, 3.8) is 0 Å². The predicted molar refractivity (Wildman–Crippen MR) is 56.7 cm³/mol. The lowest BCUT2D eigenvalue weighted by molar-refractivity contribution is 0.299. The quantitative estimate of drug-likeness (QED) is 0.510. The topological polar surface area (TPSA) is 36.1 Å². The Morgan fingerprint density at radius 2 is 1.85 bits per heavy atom. The Balaban J connectivity index is 0.000000396. The van der Waals surface area contributed by atoms with Crippen molar-refractivity contribution in [2.75, 3.05) is 19.6 Å². The molecule has 0 aromatic rings. The monoisotopic (exact) mass is 183 g/mol. The van der Waals surface area contributed by atoms with Crippen molar-refractivity contribution in [3.8, 4) is 0 Å². The van der Waals surface area contributed by atoms with E-state index in [-0.39, 0.29) is 0 Å². The molecule has 0 aromatic heterocycles. The van der Waals surface area contributed by atoms with E-state index in [0.717, 1.165) is 25.3 Å². The molecule has 76 valence electrons. The molecule has 2 saturated heterocycles. The average molecular weight is 183 g/mol. The lowest BCUT2D eigenvalue weighted by Crippen LogP contribution is -2.61. The summed E-state index contributed by atoms with van der Waals surface area (Å²) in [6.07, 6.45) is 1.21. The molecular weight excluding hydrogens is 162 g/mol. The van der Waals surface area contributed by atoms with Crippen LogP contribution in [0.1, 0.15) is 20.3 Å². The van der Waals surface area contributed by atoms with Crippen LogP contribution >= 0.6 is 0 Å². The predicted octanol–water partition coefficient (Wildman–Crippen LogP) is 0.450. The highest BCUT2D eigenvalue weighted by atomic mass is 15.1. The average Bonchev–Trinajstić information content (AvgIpc) is 2.22. The van der Waals surface area contributed by atoms with Crippen LogP contribution < -0.4 is 16.0 Å². The maximum atomic E-state index is 3.98. The first-order valence-corrected chi connectivity index (χ1v) is 5.27. The third-order valence-electron chi connectivity index (χ3n) is 2.48. The van der Waals surface area contributed by atoms with E-state index in [1.54, 1.807) is 0 Å². The van der Waals surface area contributed by atoms with Crippen LogP contribution in [0.3, 0.4) is 0 Å². The Morgan fingerprint density at radius 3 is 2.54 bits per heavy atom. The third kappa shape index (κ3) is 2.45. The van der Waals surface area contributed by atoms with Crippen LogP contribution in [0.2, 0.25) is 0 Å². The van der Waals surface area contributed by atoms with Gasteiger partial charge in [-0.1, -0.05) is 20.4 Å². The number of piperazine rings is 1. The number of fused-ring (bicyclic) bond motifs is 1. The van der Waals surface area contributed by atoms with E-state index in [1.807, 2.05) is 13.8 Å². The van der Waals surface area contributed by atoms with Gasteiger partial charge in [0.2, 0.25) is 0 Å². The zero-order valence-electron chi connectivity index (χ0n) is 8.69. The maximum absolute atomic E-state index is 3.98. The maximum Gasteiger partial charge on any atom is 0.0620 e. The fraction of sp³-hybridized carbons (Fsp3) is 0.800. The SMILES string of the molecule is C=C1NCCC2NCCNC12.CC. The van der Waals surface area contributed by atoms with Gasteiger partial charge in [-0.25, -0.2) is 0 Å². The number of hydrogen-bond donors (Lipinski definition) is 3. The molecule has 0 radical (unpaired) electrons. The summed E-state index contributed by atoms with van der Waals surface area (Å²) in [5.41, 5.74) is 1.15. The van der Waals surface area contributed by atoms with Crippen LogP contribution in [0, 0.1) is 0 Å². The van der Waals surface area contributed by atoms with Gasteiger partial charge in [0.15, 0.2) is 0 Å². The molecule has 13 heavy (non-hydrogen) atoms. The molecular formula is C10H21N3. The van der Waals surface area contributed by atoms with Gasteiger partial charge >= 0.3 is 0 Å². The van der Waals surface area contributed by atoms with E-state index < -0.39 is 0 Å². The second-order valence-electron chi connectivity index (χ2n) is 3.23. The number of hydrogen-bond acceptors (Lipinski definition) is 3. The molecule has 0 bridgehead atoms. The van der Waals surface area contributed by atoms with E-state index in [9.17, 15) is 0 Å². The summed E-state index contributed by atoms with van der Waals surface area (Å²) in [6, 6.07) is 1.06. The van der Waals surface area contributed by atoms with E-state index in [1.165, 1.54) is 6.42 Å².